The lowest BCUT2D eigenvalue weighted by Gasteiger charge is -2.15. The van der Waals surface area contributed by atoms with E-state index < -0.39 is 17.7 Å². The Kier molecular flexibility index (Phi) is 4.67. The Morgan fingerprint density at radius 2 is 1.95 bits per heavy atom. The van der Waals surface area contributed by atoms with Crippen LogP contribution in [-0.2, 0) is 13.0 Å². The lowest BCUT2D eigenvalue weighted by atomic mass is 10.0. The van der Waals surface area contributed by atoms with Gasteiger partial charge in [0.15, 0.2) is 0 Å². The third kappa shape index (κ3) is 3.64. The summed E-state index contributed by atoms with van der Waals surface area (Å²) in [6.07, 6.45) is 1.82. The topological polar surface area (TPSA) is 56.7 Å². The Morgan fingerprint density at radius 1 is 1.24 bits per heavy atom. The van der Waals surface area contributed by atoms with Crippen molar-refractivity contribution in [2.45, 2.75) is 39.8 Å². The van der Waals surface area contributed by atoms with Crippen molar-refractivity contribution in [3.05, 3.63) is 47.0 Å². The summed E-state index contributed by atoms with van der Waals surface area (Å²) in [5.41, 5.74) is 6.74. The fourth-order valence-corrected chi connectivity index (χ4v) is 2.21. The quantitative estimate of drug-likeness (QED) is 0.922. The lowest BCUT2D eigenvalue weighted by molar-refractivity contribution is 0.457. The van der Waals surface area contributed by atoms with E-state index in [-0.39, 0.29) is 0 Å². The number of nitrogens with two attached hydrogens (primary N) is 1. The van der Waals surface area contributed by atoms with E-state index in [4.69, 9.17) is 5.73 Å². The van der Waals surface area contributed by atoms with Gasteiger partial charge in [-0.25, -0.2) is 18.4 Å². The van der Waals surface area contributed by atoms with Crippen LogP contribution in [0.5, 0.6) is 0 Å². The van der Waals surface area contributed by atoms with Gasteiger partial charge in [-0.05, 0) is 24.5 Å². The van der Waals surface area contributed by atoms with E-state index in [1.54, 1.807) is 11.6 Å². The number of halogens is 2. The van der Waals surface area contributed by atoms with Gasteiger partial charge in [0.1, 0.15) is 23.8 Å². The van der Waals surface area contributed by atoms with Gasteiger partial charge in [0.05, 0.1) is 0 Å². The normalized spacial score (nSPS) is 12.9. The van der Waals surface area contributed by atoms with Gasteiger partial charge in [0.2, 0.25) is 0 Å². The number of hydrogen-bond acceptors (Lipinski definition) is 3. The van der Waals surface area contributed by atoms with Crippen LogP contribution < -0.4 is 5.73 Å². The molecule has 0 radical (unpaired) electrons. The first-order valence-electron chi connectivity index (χ1n) is 6.96. The minimum Gasteiger partial charge on any atom is -0.323 e. The van der Waals surface area contributed by atoms with E-state index in [0.717, 1.165) is 12.6 Å². The maximum absolute atomic E-state index is 13.9. The molecule has 1 aromatic heterocycles. The van der Waals surface area contributed by atoms with Crippen LogP contribution in [0.15, 0.2) is 18.5 Å². The van der Waals surface area contributed by atoms with Crippen molar-refractivity contribution in [3.63, 3.8) is 0 Å². The van der Waals surface area contributed by atoms with Crippen molar-refractivity contribution < 1.29 is 8.78 Å². The maximum Gasteiger partial charge on any atom is 0.138 e. The maximum atomic E-state index is 13.9. The first kappa shape index (κ1) is 15.6. The van der Waals surface area contributed by atoms with Crippen LogP contribution in [-0.4, -0.2) is 14.8 Å². The van der Waals surface area contributed by atoms with Gasteiger partial charge in [0, 0.05) is 30.6 Å². The third-order valence-electron chi connectivity index (χ3n) is 3.31. The zero-order valence-electron chi connectivity index (χ0n) is 12.5. The summed E-state index contributed by atoms with van der Waals surface area (Å²) in [5.74, 6) is -0.0593. The summed E-state index contributed by atoms with van der Waals surface area (Å²) < 4.78 is 28.9. The molecule has 1 heterocycles. The molecule has 0 aliphatic rings. The van der Waals surface area contributed by atoms with Crippen molar-refractivity contribution in [1.29, 1.82) is 0 Å². The number of benzene rings is 1. The van der Waals surface area contributed by atoms with Gasteiger partial charge in [-0.3, -0.25) is 0 Å². The molecule has 21 heavy (non-hydrogen) atoms. The van der Waals surface area contributed by atoms with Crippen LogP contribution in [0.4, 0.5) is 8.78 Å². The molecule has 4 nitrogen and oxygen atoms in total. The van der Waals surface area contributed by atoms with Gasteiger partial charge < -0.3 is 5.73 Å². The van der Waals surface area contributed by atoms with Crippen molar-refractivity contribution in [2.24, 2.45) is 11.7 Å². The monoisotopic (exact) mass is 294 g/mol. The lowest BCUT2D eigenvalue weighted by Crippen LogP contribution is -2.19. The minimum atomic E-state index is -0.625. The zero-order valence-corrected chi connectivity index (χ0v) is 12.5. The van der Waals surface area contributed by atoms with Gasteiger partial charge >= 0.3 is 0 Å². The van der Waals surface area contributed by atoms with E-state index in [0.29, 0.717) is 29.3 Å². The SMILES string of the molecule is Cc1cc(C(N)Cc2ncnn2CC(C)C)c(F)cc1F. The van der Waals surface area contributed by atoms with Crippen molar-refractivity contribution >= 4 is 0 Å². The number of nitrogens with zero attached hydrogens (tertiary/aromatic N) is 3. The van der Waals surface area contributed by atoms with E-state index in [1.165, 1.54) is 12.4 Å². The fourth-order valence-electron chi connectivity index (χ4n) is 2.21. The molecular weight excluding hydrogens is 274 g/mol. The first-order valence-corrected chi connectivity index (χ1v) is 6.96. The zero-order chi connectivity index (χ0) is 15.6. The Morgan fingerprint density at radius 3 is 2.62 bits per heavy atom. The van der Waals surface area contributed by atoms with E-state index in [9.17, 15) is 8.78 Å². The highest BCUT2D eigenvalue weighted by Crippen LogP contribution is 2.22. The van der Waals surface area contributed by atoms with Crippen molar-refractivity contribution in [1.82, 2.24) is 14.8 Å². The number of aryl methyl sites for hydroxylation is 1. The summed E-state index contributed by atoms with van der Waals surface area (Å²) in [6.45, 7) is 6.47. The van der Waals surface area contributed by atoms with E-state index >= 15 is 0 Å². The molecule has 0 saturated heterocycles. The highest BCUT2D eigenvalue weighted by atomic mass is 19.1. The Hall–Kier alpha value is -1.82. The fraction of sp³-hybridized carbons (Fsp3) is 0.467. The van der Waals surface area contributed by atoms with Crippen LogP contribution in [0.1, 0.15) is 36.8 Å². The Bertz CT molecular complexity index is 622. The summed E-state index contributed by atoms with van der Waals surface area (Å²) >= 11 is 0. The van der Waals surface area contributed by atoms with E-state index in [2.05, 4.69) is 23.9 Å². The van der Waals surface area contributed by atoms with Gasteiger partial charge in [-0.15, -0.1) is 0 Å². The second-order valence-electron chi connectivity index (χ2n) is 5.69. The number of aromatic nitrogens is 3. The molecule has 0 saturated carbocycles. The van der Waals surface area contributed by atoms with E-state index in [1.807, 2.05) is 0 Å². The summed E-state index contributed by atoms with van der Waals surface area (Å²) in [6, 6.07) is 1.75. The van der Waals surface area contributed by atoms with Gasteiger partial charge in [-0.1, -0.05) is 13.8 Å². The molecule has 1 unspecified atom stereocenters. The summed E-state index contributed by atoms with van der Waals surface area (Å²) in [4.78, 5) is 4.18. The van der Waals surface area contributed by atoms with Crippen LogP contribution in [0.25, 0.3) is 0 Å². The minimum absolute atomic E-state index is 0.299. The van der Waals surface area contributed by atoms with Crippen LogP contribution in [0, 0.1) is 24.5 Å². The van der Waals surface area contributed by atoms with Gasteiger partial charge in [0.25, 0.3) is 0 Å². The molecule has 1 atom stereocenters. The summed E-state index contributed by atoms with van der Waals surface area (Å²) in [5, 5.41) is 4.15. The molecular formula is C15H20F2N4. The molecule has 114 valence electrons. The average molecular weight is 294 g/mol. The molecule has 0 fully saturated rings. The van der Waals surface area contributed by atoms with Crippen molar-refractivity contribution in [2.75, 3.05) is 0 Å². The Labute approximate surface area is 123 Å². The van der Waals surface area contributed by atoms with Crippen LogP contribution in [0.3, 0.4) is 0 Å². The summed E-state index contributed by atoms with van der Waals surface area (Å²) in [7, 11) is 0. The predicted molar refractivity (Wildman–Crippen MR) is 76.6 cm³/mol. The molecule has 0 aliphatic heterocycles. The standard InChI is InChI=1S/C15H20F2N4/c1-9(2)7-21-15(19-8-20-21)6-14(18)11-4-10(3)12(16)5-13(11)17/h4-5,8-9,14H,6-7,18H2,1-3H3. The highest BCUT2D eigenvalue weighted by Gasteiger charge is 2.17. The number of rotatable bonds is 5. The highest BCUT2D eigenvalue weighted by molar-refractivity contribution is 5.28. The van der Waals surface area contributed by atoms with Gasteiger partial charge in [-0.2, -0.15) is 5.10 Å². The molecule has 2 rings (SSSR count). The Balaban J connectivity index is 2.20. The molecule has 0 aliphatic carbocycles. The molecule has 0 amide bonds. The average Bonchev–Trinajstić information content (AvgIpc) is 2.80. The third-order valence-corrected chi connectivity index (χ3v) is 3.31. The first-order chi connectivity index (χ1) is 9.88. The molecule has 0 bridgehead atoms. The molecule has 2 N–H and O–H groups in total. The van der Waals surface area contributed by atoms with Crippen molar-refractivity contribution in [3.8, 4) is 0 Å². The van der Waals surface area contributed by atoms with Crippen LogP contribution >= 0.6 is 0 Å². The predicted octanol–water partition coefficient (Wildman–Crippen LogP) is 2.76. The van der Waals surface area contributed by atoms with Crippen LogP contribution in [0.2, 0.25) is 0 Å². The molecule has 0 spiro atoms. The second kappa shape index (κ2) is 6.30. The molecule has 2 aromatic rings. The largest absolute Gasteiger partial charge is 0.323 e. The molecule has 6 heteroatoms. The molecule has 1 aromatic carbocycles. The number of hydrogen-bond donors (Lipinski definition) is 1. The smallest absolute Gasteiger partial charge is 0.138 e. The second-order valence-corrected chi connectivity index (χ2v) is 5.69.